The maximum Gasteiger partial charge on any atom is 0.259 e. The molecule has 0 unspecified atom stereocenters. The van der Waals surface area contributed by atoms with Crippen LogP contribution in [0.1, 0.15) is 23.2 Å². The predicted octanol–water partition coefficient (Wildman–Crippen LogP) is 2.66. The highest BCUT2D eigenvalue weighted by atomic mass is 19.1. The molecule has 0 spiro atoms. The summed E-state index contributed by atoms with van der Waals surface area (Å²) in [6.07, 6.45) is 7.88. The number of halogens is 1. The third kappa shape index (κ3) is 4.20. The van der Waals surface area contributed by atoms with Crippen LogP contribution in [0.2, 0.25) is 0 Å². The number of para-hydroxylation sites is 1. The smallest absolute Gasteiger partial charge is 0.259 e. The highest BCUT2D eigenvalue weighted by Gasteiger charge is 2.28. The van der Waals surface area contributed by atoms with Crippen molar-refractivity contribution in [2.24, 2.45) is 0 Å². The van der Waals surface area contributed by atoms with Gasteiger partial charge in [-0.05, 0) is 50.2 Å². The zero-order valence-electron chi connectivity index (χ0n) is 18.2. The van der Waals surface area contributed by atoms with E-state index in [1.165, 1.54) is 36.7 Å². The lowest BCUT2D eigenvalue weighted by Crippen LogP contribution is -2.50. The summed E-state index contributed by atoms with van der Waals surface area (Å²) in [7, 11) is 0. The molecule has 8 heteroatoms. The largest absolute Gasteiger partial charge is 0.336 e. The van der Waals surface area contributed by atoms with Gasteiger partial charge in [0.05, 0.1) is 6.20 Å². The van der Waals surface area contributed by atoms with E-state index < -0.39 is 0 Å². The van der Waals surface area contributed by atoms with Gasteiger partial charge in [-0.25, -0.2) is 9.07 Å². The number of amides is 1. The standard InChI is InChI=1S/C24H29FN6O/c25-21-7-1-2-8-22(21)31-23(29-11-5-6-12-29)20(19-26-31)24(32)30-17-15-28(16-18-30)14-13-27-9-3-4-10-27/h1-2,5-8,11-12,19H,3-4,9-10,13-18H2. The van der Waals surface area contributed by atoms with E-state index in [-0.39, 0.29) is 11.7 Å². The Morgan fingerprint density at radius 3 is 2.22 bits per heavy atom. The second-order valence-electron chi connectivity index (χ2n) is 8.52. The Labute approximate surface area is 187 Å². The van der Waals surface area contributed by atoms with E-state index in [2.05, 4.69) is 14.9 Å². The minimum atomic E-state index is -0.380. The van der Waals surface area contributed by atoms with Crippen molar-refractivity contribution < 1.29 is 9.18 Å². The summed E-state index contributed by atoms with van der Waals surface area (Å²) in [6.45, 7) is 7.73. The van der Waals surface area contributed by atoms with Crippen molar-refractivity contribution in [3.05, 3.63) is 66.4 Å². The lowest BCUT2D eigenvalue weighted by atomic mass is 10.2. The Hall–Kier alpha value is -2.97. The fourth-order valence-electron chi connectivity index (χ4n) is 4.65. The van der Waals surface area contributed by atoms with Gasteiger partial charge in [-0.15, -0.1) is 0 Å². The van der Waals surface area contributed by atoms with Crippen LogP contribution in [-0.2, 0) is 0 Å². The second kappa shape index (κ2) is 9.26. The highest BCUT2D eigenvalue weighted by molar-refractivity contribution is 5.97. The topological polar surface area (TPSA) is 49.5 Å². The average Bonchev–Trinajstić information content (AvgIpc) is 3.59. The van der Waals surface area contributed by atoms with E-state index in [1.807, 2.05) is 34.0 Å². The predicted molar refractivity (Wildman–Crippen MR) is 121 cm³/mol. The van der Waals surface area contributed by atoms with Crippen molar-refractivity contribution in [2.75, 3.05) is 52.4 Å². The average molecular weight is 437 g/mol. The van der Waals surface area contributed by atoms with Gasteiger partial charge < -0.3 is 14.4 Å². The molecule has 0 atom stereocenters. The van der Waals surface area contributed by atoms with E-state index >= 15 is 0 Å². The fourth-order valence-corrected chi connectivity index (χ4v) is 4.65. The summed E-state index contributed by atoms with van der Waals surface area (Å²) in [5, 5.41) is 4.40. The molecule has 3 aromatic rings. The van der Waals surface area contributed by atoms with Crippen molar-refractivity contribution in [3.63, 3.8) is 0 Å². The molecular weight excluding hydrogens is 407 g/mol. The third-order valence-electron chi connectivity index (χ3n) is 6.49. The highest BCUT2D eigenvalue weighted by Crippen LogP contribution is 2.23. The van der Waals surface area contributed by atoms with Gasteiger partial charge in [0, 0.05) is 51.7 Å². The molecule has 1 amide bonds. The van der Waals surface area contributed by atoms with Gasteiger partial charge in [0.2, 0.25) is 0 Å². The summed E-state index contributed by atoms with van der Waals surface area (Å²) >= 11 is 0. The molecule has 168 valence electrons. The molecule has 0 aliphatic carbocycles. The van der Waals surface area contributed by atoms with Gasteiger partial charge >= 0.3 is 0 Å². The van der Waals surface area contributed by atoms with Gasteiger partial charge in [-0.3, -0.25) is 9.69 Å². The van der Waals surface area contributed by atoms with Gasteiger partial charge in [0.1, 0.15) is 17.1 Å². The number of hydrogen-bond donors (Lipinski definition) is 0. The maximum absolute atomic E-state index is 14.5. The molecule has 0 N–H and O–H groups in total. The van der Waals surface area contributed by atoms with Crippen molar-refractivity contribution in [1.29, 1.82) is 0 Å². The van der Waals surface area contributed by atoms with Crippen molar-refractivity contribution in [2.45, 2.75) is 12.8 Å². The van der Waals surface area contributed by atoms with Crippen LogP contribution in [0, 0.1) is 5.82 Å². The van der Waals surface area contributed by atoms with Crippen LogP contribution in [0.25, 0.3) is 11.5 Å². The zero-order chi connectivity index (χ0) is 21.9. The minimum absolute atomic E-state index is 0.0597. The van der Waals surface area contributed by atoms with Crippen LogP contribution in [0.4, 0.5) is 4.39 Å². The quantitative estimate of drug-likeness (QED) is 0.596. The Bertz CT molecular complexity index is 1050. The fraction of sp³-hybridized carbons (Fsp3) is 0.417. The van der Waals surface area contributed by atoms with Crippen molar-refractivity contribution >= 4 is 5.91 Å². The molecule has 4 heterocycles. The first-order valence-electron chi connectivity index (χ1n) is 11.4. The van der Waals surface area contributed by atoms with Crippen molar-refractivity contribution in [3.8, 4) is 11.5 Å². The first-order valence-corrected chi connectivity index (χ1v) is 11.4. The van der Waals surface area contributed by atoms with E-state index in [0.29, 0.717) is 30.2 Å². The molecule has 0 radical (unpaired) electrons. The van der Waals surface area contributed by atoms with E-state index in [9.17, 15) is 9.18 Å². The van der Waals surface area contributed by atoms with Gasteiger partial charge in [-0.1, -0.05) is 12.1 Å². The van der Waals surface area contributed by atoms with Gasteiger partial charge in [0.25, 0.3) is 5.91 Å². The first kappa shape index (κ1) is 20.9. The summed E-state index contributed by atoms with van der Waals surface area (Å²) in [4.78, 5) is 20.3. The number of piperazine rings is 1. The zero-order valence-corrected chi connectivity index (χ0v) is 18.2. The number of nitrogens with zero attached hydrogens (tertiary/aromatic N) is 6. The van der Waals surface area contributed by atoms with Crippen molar-refractivity contribution in [1.82, 2.24) is 29.0 Å². The Balaban J connectivity index is 1.32. The Kier molecular flexibility index (Phi) is 6.05. The first-order chi connectivity index (χ1) is 15.7. The van der Waals surface area contributed by atoms with Crippen LogP contribution in [0.3, 0.4) is 0 Å². The molecule has 2 aromatic heterocycles. The lowest BCUT2D eigenvalue weighted by Gasteiger charge is -2.35. The maximum atomic E-state index is 14.5. The summed E-state index contributed by atoms with van der Waals surface area (Å²) < 4.78 is 17.8. The van der Waals surface area contributed by atoms with Crippen LogP contribution < -0.4 is 0 Å². The number of aromatic nitrogens is 3. The number of rotatable bonds is 6. The van der Waals surface area contributed by atoms with Crippen LogP contribution >= 0.6 is 0 Å². The third-order valence-corrected chi connectivity index (χ3v) is 6.49. The summed E-state index contributed by atoms with van der Waals surface area (Å²) in [5.74, 6) is 0.117. The molecular formula is C24H29FN6O. The van der Waals surface area contributed by atoms with E-state index in [1.54, 1.807) is 24.4 Å². The number of benzene rings is 1. The molecule has 0 bridgehead atoms. The van der Waals surface area contributed by atoms with E-state index in [4.69, 9.17) is 0 Å². The SMILES string of the molecule is O=C(c1cnn(-c2ccccc2F)c1-n1cccc1)N1CCN(CCN2CCCC2)CC1. The molecule has 0 saturated carbocycles. The summed E-state index contributed by atoms with van der Waals surface area (Å²) in [5.41, 5.74) is 0.803. The molecule has 2 saturated heterocycles. The number of likely N-dealkylation sites (tertiary alicyclic amines) is 1. The summed E-state index contributed by atoms with van der Waals surface area (Å²) in [6, 6.07) is 10.2. The van der Waals surface area contributed by atoms with Crippen LogP contribution in [0.5, 0.6) is 0 Å². The molecule has 2 aliphatic heterocycles. The molecule has 32 heavy (non-hydrogen) atoms. The van der Waals surface area contributed by atoms with E-state index in [0.717, 1.165) is 26.2 Å². The number of hydrogen-bond acceptors (Lipinski definition) is 4. The monoisotopic (exact) mass is 436 g/mol. The van der Waals surface area contributed by atoms with Crippen LogP contribution in [0.15, 0.2) is 55.0 Å². The molecule has 1 aromatic carbocycles. The second-order valence-corrected chi connectivity index (χ2v) is 8.52. The van der Waals surface area contributed by atoms with Gasteiger partial charge in [0.15, 0.2) is 5.82 Å². The number of carbonyl (C=O) groups is 1. The normalized spacial score (nSPS) is 17.8. The minimum Gasteiger partial charge on any atom is -0.336 e. The molecule has 7 nitrogen and oxygen atoms in total. The molecule has 5 rings (SSSR count). The van der Waals surface area contributed by atoms with Gasteiger partial charge in [-0.2, -0.15) is 5.10 Å². The lowest BCUT2D eigenvalue weighted by molar-refractivity contribution is 0.0626. The molecule has 2 fully saturated rings. The molecule has 2 aliphatic rings. The van der Waals surface area contributed by atoms with Crippen LogP contribution in [-0.4, -0.2) is 87.3 Å². The Morgan fingerprint density at radius 1 is 0.875 bits per heavy atom. The Morgan fingerprint density at radius 2 is 1.53 bits per heavy atom. The number of carbonyl (C=O) groups excluding carboxylic acids is 1.